The second-order valence-electron chi connectivity index (χ2n) is 6.07. The second-order valence-corrected chi connectivity index (χ2v) is 6.07. The van der Waals surface area contributed by atoms with Crippen LogP contribution < -0.4 is 16.0 Å². The quantitative estimate of drug-likeness (QED) is 0.711. The lowest BCUT2D eigenvalue weighted by molar-refractivity contribution is 0.122. The third kappa shape index (κ3) is 3.10. The van der Waals surface area contributed by atoms with Gasteiger partial charge in [0.1, 0.15) is 11.6 Å². The minimum absolute atomic E-state index is 0.694. The maximum atomic E-state index is 6.05. The lowest BCUT2D eigenvalue weighted by Gasteiger charge is -2.29. The first-order chi connectivity index (χ1) is 12.2. The molecule has 1 aliphatic rings. The Morgan fingerprint density at radius 2 is 2.00 bits per heavy atom. The van der Waals surface area contributed by atoms with Crippen molar-refractivity contribution < 1.29 is 4.74 Å². The minimum atomic E-state index is 0.694. The molecule has 1 aromatic carbocycles. The summed E-state index contributed by atoms with van der Waals surface area (Å²) in [5.41, 5.74) is 9.45. The summed E-state index contributed by atoms with van der Waals surface area (Å²) in [5, 5.41) is 8.03. The van der Waals surface area contributed by atoms with E-state index in [2.05, 4.69) is 17.1 Å². The fourth-order valence-corrected chi connectivity index (χ4v) is 3.01. The van der Waals surface area contributed by atoms with E-state index >= 15 is 0 Å². The van der Waals surface area contributed by atoms with Crippen molar-refractivity contribution in [1.29, 1.82) is 0 Å². The van der Waals surface area contributed by atoms with Crippen molar-refractivity contribution in [2.75, 3.05) is 42.3 Å². The van der Waals surface area contributed by atoms with Crippen molar-refractivity contribution in [3.05, 3.63) is 42.1 Å². The summed E-state index contributed by atoms with van der Waals surface area (Å²) in [5.74, 6) is 1.78. The highest BCUT2D eigenvalue weighted by Crippen LogP contribution is 2.26. The van der Waals surface area contributed by atoms with E-state index in [-0.39, 0.29) is 0 Å². The Kier molecular flexibility index (Phi) is 4.15. The Morgan fingerprint density at radius 1 is 1.20 bits per heavy atom. The van der Waals surface area contributed by atoms with Crippen molar-refractivity contribution in [1.82, 2.24) is 14.6 Å². The van der Waals surface area contributed by atoms with Gasteiger partial charge in [-0.25, -0.2) is 4.98 Å². The lowest BCUT2D eigenvalue weighted by Crippen LogP contribution is -2.37. The van der Waals surface area contributed by atoms with Crippen LogP contribution in [0.5, 0.6) is 0 Å². The number of rotatable bonds is 4. The van der Waals surface area contributed by atoms with Gasteiger partial charge in [0.15, 0.2) is 5.65 Å². The van der Waals surface area contributed by atoms with Crippen LogP contribution in [-0.2, 0) is 11.2 Å². The van der Waals surface area contributed by atoms with Crippen LogP contribution in [0.2, 0.25) is 0 Å². The topological polar surface area (TPSA) is 80.7 Å². The summed E-state index contributed by atoms with van der Waals surface area (Å²) in [4.78, 5) is 6.99. The van der Waals surface area contributed by atoms with Gasteiger partial charge in [-0.15, -0.1) is 0 Å². The van der Waals surface area contributed by atoms with Crippen molar-refractivity contribution in [2.45, 2.75) is 13.3 Å². The van der Waals surface area contributed by atoms with Gasteiger partial charge < -0.3 is 20.7 Å². The zero-order valence-electron chi connectivity index (χ0n) is 14.3. The van der Waals surface area contributed by atoms with Crippen LogP contribution in [0, 0.1) is 0 Å². The summed E-state index contributed by atoms with van der Waals surface area (Å²) in [7, 11) is 0. The van der Waals surface area contributed by atoms with E-state index in [0.717, 1.165) is 61.4 Å². The number of nitrogens with one attached hydrogen (secondary N) is 1. The first-order valence-electron chi connectivity index (χ1n) is 8.58. The molecule has 3 aromatic rings. The third-order valence-electron chi connectivity index (χ3n) is 4.38. The van der Waals surface area contributed by atoms with Crippen LogP contribution in [-0.4, -0.2) is 40.9 Å². The molecule has 1 fully saturated rings. The molecule has 0 radical (unpaired) electrons. The first kappa shape index (κ1) is 15.7. The molecular formula is C18H22N6O. The number of anilines is 4. The molecule has 1 saturated heterocycles. The average Bonchev–Trinajstić information content (AvgIpc) is 3.07. The minimum Gasteiger partial charge on any atom is -0.397 e. The van der Waals surface area contributed by atoms with Crippen molar-refractivity contribution in [2.24, 2.45) is 0 Å². The fraction of sp³-hybridized carbons (Fsp3) is 0.333. The van der Waals surface area contributed by atoms with Gasteiger partial charge in [0.05, 0.1) is 30.3 Å². The van der Waals surface area contributed by atoms with Gasteiger partial charge in [-0.2, -0.15) is 9.61 Å². The monoisotopic (exact) mass is 338 g/mol. The van der Waals surface area contributed by atoms with E-state index in [4.69, 9.17) is 20.6 Å². The normalized spacial score (nSPS) is 14.8. The van der Waals surface area contributed by atoms with E-state index < -0.39 is 0 Å². The number of benzene rings is 1. The maximum Gasteiger partial charge on any atom is 0.160 e. The summed E-state index contributed by atoms with van der Waals surface area (Å²) in [6.07, 6.45) is 0.875. The van der Waals surface area contributed by atoms with Gasteiger partial charge in [0.25, 0.3) is 0 Å². The summed E-state index contributed by atoms with van der Waals surface area (Å²) in [6.45, 7) is 5.22. The molecule has 7 nitrogen and oxygen atoms in total. The van der Waals surface area contributed by atoms with E-state index in [1.165, 1.54) is 0 Å². The molecule has 3 N–H and O–H groups in total. The number of hydrogen-bond acceptors (Lipinski definition) is 6. The molecule has 1 aliphatic heterocycles. The SMILES string of the molecule is CCc1cc2nc(Nc3ccccc3N)cc(N3CCOCC3)n2n1. The van der Waals surface area contributed by atoms with Gasteiger partial charge in [0, 0.05) is 25.2 Å². The van der Waals surface area contributed by atoms with Gasteiger partial charge in [-0.1, -0.05) is 19.1 Å². The number of aromatic nitrogens is 3. The van der Waals surface area contributed by atoms with Gasteiger partial charge in [0.2, 0.25) is 0 Å². The number of nitrogen functional groups attached to an aromatic ring is 1. The molecule has 0 amide bonds. The molecule has 130 valence electrons. The number of fused-ring (bicyclic) bond motifs is 1. The predicted molar refractivity (Wildman–Crippen MR) is 99.5 cm³/mol. The lowest BCUT2D eigenvalue weighted by atomic mass is 10.2. The summed E-state index contributed by atoms with van der Waals surface area (Å²) >= 11 is 0. The highest BCUT2D eigenvalue weighted by Gasteiger charge is 2.18. The van der Waals surface area contributed by atoms with Crippen LogP contribution in [0.3, 0.4) is 0 Å². The Bertz CT molecular complexity index is 884. The zero-order chi connectivity index (χ0) is 17.2. The van der Waals surface area contributed by atoms with Gasteiger partial charge in [-0.05, 0) is 18.6 Å². The first-order valence-corrected chi connectivity index (χ1v) is 8.58. The van der Waals surface area contributed by atoms with E-state index in [1.807, 2.05) is 40.9 Å². The molecule has 0 bridgehead atoms. The molecule has 0 aliphatic carbocycles. The molecule has 4 rings (SSSR count). The van der Waals surface area contributed by atoms with E-state index in [0.29, 0.717) is 5.69 Å². The number of nitrogens with zero attached hydrogens (tertiary/aromatic N) is 4. The van der Waals surface area contributed by atoms with Crippen molar-refractivity contribution >= 4 is 28.7 Å². The molecule has 3 heterocycles. The van der Waals surface area contributed by atoms with Gasteiger partial charge in [-0.3, -0.25) is 0 Å². The Morgan fingerprint density at radius 3 is 2.76 bits per heavy atom. The maximum absolute atomic E-state index is 6.05. The number of para-hydroxylation sites is 2. The second kappa shape index (κ2) is 6.60. The molecule has 0 unspecified atom stereocenters. The van der Waals surface area contributed by atoms with E-state index in [1.54, 1.807) is 0 Å². The summed E-state index contributed by atoms with van der Waals surface area (Å²) in [6, 6.07) is 11.7. The molecule has 0 spiro atoms. The highest BCUT2D eigenvalue weighted by atomic mass is 16.5. The Labute approximate surface area is 146 Å². The summed E-state index contributed by atoms with van der Waals surface area (Å²) < 4.78 is 7.40. The van der Waals surface area contributed by atoms with Gasteiger partial charge >= 0.3 is 0 Å². The number of nitrogens with two attached hydrogens (primary N) is 1. The van der Waals surface area contributed by atoms with Crippen LogP contribution in [0.4, 0.5) is 23.0 Å². The van der Waals surface area contributed by atoms with Crippen LogP contribution in [0.1, 0.15) is 12.6 Å². The number of ether oxygens (including phenoxy) is 1. The van der Waals surface area contributed by atoms with Crippen LogP contribution in [0.25, 0.3) is 5.65 Å². The molecule has 25 heavy (non-hydrogen) atoms. The Balaban J connectivity index is 1.78. The average molecular weight is 338 g/mol. The number of aryl methyl sites for hydroxylation is 1. The number of hydrogen-bond donors (Lipinski definition) is 2. The predicted octanol–water partition coefficient (Wildman–Crippen LogP) is 2.45. The zero-order valence-corrected chi connectivity index (χ0v) is 14.3. The van der Waals surface area contributed by atoms with Crippen molar-refractivity contribution in [3.63, 3.8) is 0 Å². The third-order valence-corrected chi connectivity index (χ3v) is 4.38. The van der Waals surface area contributed by atoms with E-state index in [9.17, 15) is 0 Å². The number of morpholine rings is 1. The highest BCUT2D eigenvalue weighted by molar-refractivity contribution is 5.73. The molecule has 7 heteroatoms. The van der Waals surface area contributed by atoms with Crippen molar-refractivity contribution in [3.8, 4) is 0 Å². The molecular weight excluding hydrogens is 316 g/mol. The Hall–Kier alpha value is -2.80. The smallest absolute Gasteiger partial charge is 0.160 e. The standard InChI is InChI=1S/C18H22N6O/c1-2-13-11-17-21-16(20-15-6-4-3-5-14(15)19)12-18(24(17)22-13)23-7-9-25-10-8-23/h3-6,11-12H,2,7-10,19H2,1H3,(H,20,21). The largest absolute Gasteiger partial charge is 0.397 e. The molecule has 2 aromatic heterocycles. The fourth-order valence-electron chi connectivity index (χ4n) is 3.01. The molecule has 0 saturated carbocycles. The molecule has 0 atom stereocenters. The van der Waals surface area contributed by atoms with Crippen LogP contribution >= 0.6 is 0 Å². The van der Waals surface area contributed by atoms with Crippen LogP contribution in [0.15, 0.2) is 36.4 Å².